The number of hydrogen-bond donors (Lipinski definition) is 2. The van der Waals surface area contributed by atoms with Crippen molar-refractivity contribution in [1.82, 2.24) is 9.97 Å². The third-order valence-corrected chi connectivity index (χ3v) is 2.79. The molecule has 0 spiro atoms. The number of halogens is 1. The minimum absolute atomic E-state index is 0.0404. The number of nitrogens with two attached hydrogens (primary N) is 1. The standard InChI is InChI=1S/C9H13ClN4/c10-7-4-13-8(5-12-7)14-6-9(11)2-1-3-9/h4-5H,1-3,6,11H2,(H,13,14). The van der Waals surface area contributed by atoms with E-state index in [1.54, 1.807) is 6.20 Å². The Hall–Kier alpha value is -0.870. The molecule has 76 valence electrons. The summed E-state index contributed by atoms with van der Waals surface area (Å²) in [6.45, 7) is 0.753. The fourth-order valence-corrected chi connectivity index (χ4v) is 1.58. The second-order valence-electron chi connectivity index (χ2n) is 3.79. The molecule has 4 nitrogen and oxygen atoms in total. The maximum Gasteiger partial charge on any atom is 0.147 e. The fraction of sp³-hybridized carbons (Fsp3) is 0.556. The van der Waals surface area contributed by atoms with Gasteiger partial charge in [-0.25, -0.2) is 9.97 Å². The summed E-state index contributed by atoms with van der Waals surface area (Å²) in [5.74, 6) is 0.728. The summed E-state index contributed by atoms with van der Waals surface area (Å²) in [5, 5.41) is 3.56. The zero-order chi connectivity index (χ0) is 10.0. The average Bonchev–Trinajstić information content (AvgIpc) is 2.14. The minimum atomic E-state index is -0.0404. The number of nitrogens with one attached hydrogen (secondary N) is 1. The highest BCUT2D eigenvalue weighted by atomic mass is 35.5. The molecule has 1 aliphatic carbocycles. The molecule has 0 radical (unpaired) electrons. The van der Waals surface area contributed by atoms with Gasteiger partial charge in [0.05, 0.1) is 12.4 Å². The third-order valence-electron chi connectivity index (χ3n) is 2.59. The van der Waals surface area contributed by atoms with Gasteiger partial charge in [0.15, 0.2) is 0 Å². The summed E-state index contributed by atoms with van der Waals surface area (Å²) in [5.41, 5.74) is 6.00. The Bertz CT molecular complexity index is 307. The Morgan fingerprint density at radius 1 is 1.43 bits per heavy atom. The largest absolute Gasteiger partial charge is 0.367 e. The summed E-state index contributed by atoms with van der Waals surface area (Å²) in [7, 11) is 0. The van der Waals surface area contributed by atoms with E-state index in [9.17, 15) is 0 Å². The van der Waals surface area contributed by atoms with Crippen LogP contribution in [0.2, 0.25) is 5.15 Å². The van der Waals surface area contributed by atoms with Crippen LogP contribution in [0.15, 0.2) is 12.4 Å². The molecule has 0 atom stereocenters. The van der Waals surface area contributed by atoms with Gasteiger partial charge in [-0.05, 0) is 19.3 Å². The van der Waals surface area contributed by atoms with Crippen LogP contribution in [0.5, 0.6) is 0 Å². The van der Waals surface area contributed by atoms with Crippen LogP contribution in [0.3, 0.4) is 0 Å². The van der Waals surface area contributed by atoms with Gasteiger partial charge >= 0.3 is 0 Å². The van der Waals surface area contributed by atoms with Crippen LogP contribution in [0, 0.1) is 0 Å². The van der Waals surface area contributed by atoms with Crippen molar-refractivity contribution in [2.75, 3.05) is 11.9 Å². The highest BCUT2D eigenvalue weighted by molar-refractivity contribution is 6.29. The number of hydrogen-bond acceptors (Lipinski definition) is 4. The Balaban J connectivity index is 1.88. The summed E-state index contributed by atoms with van der Waals surface area (Å²) in [4.78, 5) is 8.00. The van der Waals surface area contributed by atoms with Crippen LogP contribution < -0.4 is 11.1 Å². The minimum Gasteiger partial charge on any atom is -0.367 e. The lowest BCUT2D eigenvalue weighted by molar-refractivity contribution is 0.265. The van der Waals surface area contributed by atoms with Crippen molar-refractivity contribution in [3.63, 3.8) is 0 Å². The van der Waals surface area contributed by atoms with Gasteiger partial charge in [0, 0.05) is 12.1 Å². The van der Waals surface area contributed by atoms with E-state index >= 15 is 0 Å². The molecule has 14 heavy (non-hydrogen) atoms. The monoisotopic (exact) mass is 212 g/mol. The van der Waals surface area contributed by atoms with Gasteiger partial charge in [0.2, 0.25) is 0 Å². The van der Waals surface area contributed by atoms with Gasteiger partial charge in [-0.15, -0.1) is 0 Å². The Morgan fingerprint density at radius 2 is 2.21 bits per heavy atom. The van der Waals surface area contributed by atoms with Crippen LogP contribution in [0.25, 0.3) is 0 Å². The van der Waals surface area contributed by atoms with E-state index < -0.39 is 0 Å². The molecule has 1 aromatic rings. The normalized spacial score (nSPS) is 18.7. The van der Waals surface area contributed by atoms with Crippen LogP contribution in [-0.4, -0.2) is 22.1 Å². The first-order valence-electron chi connectivity index (χ1n) is 4.68. The average molecular weight is 213 g/mol. The van der Waals surface area contributed by atoms with Gasteiger partial charge in [-0.1, -0.05) is 11.6 Å². The third kappa shape index (κ3) is 2.13. The van der Waals surface area contributed by atoms with E-state index in [4.69, 9.17) is 17.3 Å². The van der Waals surface area contributed by atoms with Gasteiger partial charge in [0.25, 0.3) is 0 Å². The highest BCUT2D eigenvalue weighted by Gasteiger charge is 2.32. The molecular formula is C9H13ClN4. The molecule has 1 fully saturated rings. The molecule has 0 saturated heterocycles. The molecule has 0 amide bonds. The molecule has 1 aromatic heterocycles. The van der Waals surface area contributed by atoms with E-state index in [-0.39, 0.29) is 5.54 Å². The number of aromatic nitrogens is 2. The van der Waals surface area contributed by atoms with Crippen molar-refractivity contribution < 1.29 is 0 Å². The Morgan fingerprint density at radius 3 is 2.71 bits per heavy atom. The molecular weight excluding hydrogens is 200 g/mol. The molecule has 0 bridgehead atoms. The predicted octanol–water partition coefficient (Wildman–Crippen LogP) is 1.42. The topological polar surface area (TPSA) is 63.8 Å². The zero-order valence-electron chi connectivity index (χ0n) is 7.83. The van der Waals surface area contributed by atoms with Crippen molar-refractivity contribution in [1.29, 1.82) is 0 Å². The van der Waals surface area contributed by atoms with Gasteiger partial charge < -0.3 is 11.1 Å². The molecule has 0 aromatic carbocycles. The highest BCUT2D eigenvalue weighted by Crippen LogP contribution is 2.28. The van der Waals surface area contributed by atoms with E-state index in [0.717, 1.165) is 25.2 Å². The van der Waals surface area contributed by atoms with E-state index in [2.05, 4.69) is 15.3 Å². The Kier molecular flexibility index (Phi) is 2.56. The number of rotatable bonds is 3. The van der Waals surface area contributed by atoms with E-state index in [0.29, 0.717) is 5.15 Å². The lowest BCUT2D eigenvalue weighted by atomic mass is 9.78. The predicted molar refractivity (Wildman–Crippen MR) is 56.3 cm³/mol. The molecule has 0 aliphatic heterocycles. The van der Waals surface area contributed by atoms with Gasteiger partial charge in [0.1, 0.15) is 11.0 Å². The molecule has 1 heterocycles. The summed E-state index contributed by atoms with van der Waals surface area (Å²) >= 11 is 5.61. The maximum absolute atomic E-state index is 6.04. The second kappa shape index (κ2) is 3.71. The van der Waals surface area contributed by atoms with E-state index in [1.807, 2.05) is 0 Å². The summed E-state index contributed by atoms with van der Waals surface area (Å²) in [6, 6.07) is 0. The van der Waals surface area contributed by atoms with Crippen LogP contribution in [0.4, 0.5) is 5.82 Å². The van der Waals surface area contributed by atoms with E-state index in [1.165, 1.54) is 12.6 Å². The molecule has 2 rings (SSSR count). The first kappa shape index (κ1) is 9.68. The van der Waals surface area contributed by atoms with Crippen molar-refractivity contribution in [3.8, 4) is 0 Å². The lowest BCUT2D eigenvalue weighted by Gasteiger charge is -2.38. The zero-order valence-corrected chi connectivity index (χ0v) is 8.59. The maximum atomic E-state index is 6.04. The molecule has 1 saturated carbocycles. The first-order valence-corrected chi connectivity index (χ1v) is 5.06. The van der Waals surface area contributed by atoms with Crippen molar-refractivity contribution >= 4 is 17.4 Å². The molecule has 5 heteroatoms. The first-order chi connectivity index (χ1) is 6.68. The van der Waals surface area contributed by atoms with Gasteiger partial charge in [-0.3, -0.25) is 0 Å². The van der Waals surface area contributed by atoms with Crippen molar-refractivity contribution in [2.24, 2.45) is 5.73 Å². The number of anilines is 1. The smallest absolute Gasteiger partial charge is 0.147 e. The molecule has 0 unspecified atom stereocenters. The van der Waals surface area contributed by atoms with Crippen LogP contribution in [0.1, 0.15) is 19.3 Å². The van der Waals surface area contributed by atoms with Crippen LogP contribution >= 0.6 is 11.6 Å². The summed E-state index contributed by atoms with van der Waals surface area (Å²) in [6.07, 6.45) is 6.53. The SMILES string of the molecule is NC1(CNc2cnc(Cl)cn2)CCC1. The van der Waals surface area contributed by atoms with Gasteiger partial charge in [-0.2, -0.15) is 0 Å². The van der Waals surface area contributed by atoms with Crippen molar-refractivity contribution in [2.45, 2.75) is 24.8 Å². The number of nitrogens with zero attached hydrogens (tertiary/aromatic N) is 2. The quantitative estimate of drug-likeness (QED) is 0.796. The lowest BCUT2D eigenvalue weighted by Crippen LogP contribution is -2.52. The molecule has 3 N–H and O–H groups in total. The van der Waals surface area contributed by atoms with Crippen molar-refractivity contribution in [3.05, 3.63) is 17.5 Å². The Labute approximate surface area is 87.9 Å². The molecule has 1 aliphatic rings. The fourth-order valence-electron chi connectivity index (χ4n) is 1.48. The summed E-state index contributed by atoms with van der Waals surface area (Å²) < 4.78 is 0. The second-order valence-corrected chi connectivity index (χ2v) is 4.18. The van der Waals surface area contributed by atoms with Crippen LogP contribution in [-0.2, 0) is 0 Å².